The van der Waals surface area contributed by atoms with Gasteiger partial charge < -0.3 is 9.73 Å². The molecule has 1 aromatic heterocycles. The van der Waals surface area contributed by atoms with Gasteiger partial charge in [-0.15, -0.1) is 0 Å². The lowest BCUT2D eigenvalue weighted by atomic mass is 9.95. The van der Waals surface area contributed by atoms with Crippen molar-refractivity contribution in [2.24, 2.45) is 0 Å². The van der Waals surface area contributed by atoms with Gasteiger partial charge in [0.25, 0.3) is 5.91 Å². The topological polar surface area (TPSA) is 62.6 Å². The zero-order chi connectivity index (χ0) is 21.0. The third-order valence-corrected chi connectivity index (χ3v) is 5.11. The van der Waals surface area contributed by atoms with Crippen molar-refractivity contribution < 1.29 is 27.2 Å². The summed E-state index contributed by atoms with van der Waals surface area (Å²) in [6, 6.07) is 7.34. The van der Waals surface area contributed by atoms with Crippen molar-refractivity contribution in [1.82, 2.24) is 5.32 Å². The van der Waals surface area contributed by atoms with Crippen LogP contribution in [0.3, 0.4) is 0 Å². The number of benzene rings is 1. The van der Waals surface area contributed by atoms with Crippen LogP contribution in [-0.2, 0) is 9.59 Å². The fourth-order valence-electron chi connectivity index (χ4n) is 3.68. The largest absolute Gasteiger partial charge is 0.471 e. The molecule has 29 heavy (non-hydrogen) atoms. The summed E-state index contributed by atoms with van der Waals surface area (Å²) in [6.07, 6.45) is 0.583. The molecule has 3 rings (SSSR count). The maximum absolute atomic E-state index is 13.5. The van der Waals surface area contributed by atoms with E-state index in [4.69, 9.17) is 4.42 Å². The van der Waals surface area contributed by atoms with Crippen molar-refractivity contribution in [3.8, 4) is 0 Å². The molecule has 5 nitrogen and oxygen atoms in total. The smallest absolute Gasteiger partial charge is 0.467 e. The quantitative estimate of drug-likeness (QED) is 0.782. The number of halogens is 3. The lowest BCUT2D eigenvalue weighted by molar-refractivity contribution is -0.171. The number of anilines is 1. The second-order valence-electron chi connectivity index (χ2n) is 7.22. The second-order valence-corrected chi connectivity index (χ2v) is 7.22. The molecule has 2 amide bonds. The number of aryl methyl sites for hydroxylation is 1. The van der Waals surface area contributed by atoms with Gasteiger partial charge in [0.05, 0.1) is 6.26 Å². The molecule has 1 fully saturated rings. The van der Waals surface area contributed by atoms with E-state index in [0.717, 1.165) is 32.1 Å². The van der Waals surface area contributed by atoms with Crippen molar-refractivity contribution >= 4 is 17.5 Å². The fourth-order valence-corrected chi connectivity index (χ4v) is 3.68. The number of para-hydroxylation sites is 1. The van der Waals surface area contributed by atoms with Crippen LogP contribution in [0.4, 0.5) is 18.9 Å². The number of carbonyl (C=O) groups excluding carboxylic acids is 2. The van der Waals surface area contributed by atoms with E-state index in [2.05, 4.69) is 5.32 Å². The Labute approximate surface area is 166 Å². The van der Waals surface area contributed by atoms with Crippen LogP contribution in [0.2, 0.25) is 0 Å². The molecule has 1 aromatic carbocycles. The molecule has 1 aliphatic rings. The van der Waals surface area contributed by atoms with Gasteiger partial charge in [-0.2, -0.15) is 13.2 Å². The Morgan fingerprint density at radius 2 is 1.79 bits per heavy atom. The number of amides is 2. The Balaban J connectivity index is 2.04. The molecule has 1 aliphatic carbocycles. The minimum atomic E-state index is -5.15. The highest BCUT2D eigenvalue weighted by Crippen LogP contribution is 2.35. The summed E-state index contributed by atoms with van der Waals surface area (Å²) in [5, 5.41) is 2.82. The van der Waals surface area contributed by atoms with Crippen LogP contribution in [0.15, 0.2) is 47.1 Å². The predicted molar refractivity (Wildman–Crippen MR) is 101 cm³/mol. The first-order valence-electron chi connectivity index (χ1n) is 9.59. The molecule has 0 radical (unpaired) electrons. The Morgan fingerprint density at radius 3 is 2.38 bits per heavy atom. The van der Waals surface area contributed by atoms with E-state index >= 15 is 0 Å². The van der Waals surface area contributed by atoms with Gasteiger partial charge in [0, 0.05) is 11.7 Å². The molecule has 0 aliphatic heterocycles. The molecule has 2 aromatic rings. The number of hydrogen-bond acceptors (Lipinski definition) is 3. The number of alkyl halides is 3. The zero-order valence-electron chi connectivity index (χ0n) is 16.0. The first-order valence-corrected chi connectivity index (χ1v) is 9.59. The Morgan fingerprint density at radius 1 is 1.10 bits per heavy atom. The third kappa shape index (κ3) is 4.81. The van der Waals surface area contributed by atoms with Gasteiger partial charge in [0.15, 0.2) is 6.04 Å². The van der Waals surface area contributed by atoms with E-state index in [1.165, 1.54) is 30.5 Å². The summed E-state index contributed by atoms with van der Waals surface area (Å²) in [6.45, 7) is 1.59. The van der Waals surface area contributed by atoms with Crippen LogP contribution < -0.4 is 10.2 Å². The standard InChI is InChI=1S/C21H23F3N2O3/c1-14-8-5-6-11-16(14)26(20(28)21(22,23)24)18(17-12-7-13-29-17)19(27)25-15-9-3-2-4-10-15/h5-8,11-13,15,18H,2-4,9-10H2,1H3,(H,25,27)/t18-/m0/s1. The molecule has 1 heterocycles. The van der Waals surface area contributed by atoms with E-state index in [1.54, 1.807) is 19.1 Å². The molecule has 0 bridgehead atoms. The highest BCUT2D eigenvalue weighted by atomic mass is 19.4. The average Bonchev–Trinajstić information content (AvgIpc) is 3.20. The van der Waals surface area contributed by atoms with Crippen molar-refractivity contribution in [3.63, 3.8) is 0 Å². The minimum absolute atomic E-state index is 0.00928. The monoisotopic (exact) mass is 408 g/mol. The first-order chi connectivity index (χ1) is 13.8. The lowest BCUT2D eigenvalue weighted by Crippen LogP contribution is -2.50. The summed E-state index contributed by atoms with van der Waals surface area (Å²) in [4.78, 5) is 26.1. The molecule has 156 valence electrons. The molecule has 1 N–H and O–H groups in total. The highest BCUT2D eigenvalue weighted by Gasteiger charge is 2.48. The third-order valence-electron chi connectivity index (χ3n) is 5.11. The van der Waals surface area contributed by atoms with Gasteiger partial charge in [0.1, 0.15) is 5.76 Å². The number of nitrogens with zero attached hydrogens (tertiary/aromatic N) is 1. The maximum atomic E-state index is 13.5. The number of hydrogen-bond donors (Lipinski definition) is 1. The van der Waals surface area contributed by atoms with E-state index in [9.17, 15) is 22.8 Å². The zero-order valence-corrected chi connectivity index (χ0v) is 16.0. The summed E-state index contributed by atoms with van der Waals surface area (Å²) in [5.41, 5.74) is 0.446. The molecular weight excluding hydrogens is 385 g/mol. The molecule has 0 spiro atoms. The maximum Gasteiger partial charge on any atom is 0.471 e. The summed E-state index contributed by atoms with van der Waals surface area (Å²) in [5.74, 6) is -2.83. The Hall–Kier alpha value is -2.77. The molecule has 0 saturated heterocycles. The first kappa shape index (κ1) is 21.0. The van der Waals surface area contributed by atoms with Gasteiger partial charge in [-0.1, -0.05) is 37.5 Å². The Bertz CT molecular complexity index is 843. The number of nitrogens with one attached hydrogen (secondary N) is 1. The van der Waals surface area contributed by atoms with Gasteiger partial charge in [-0.05, 0) is 43.5 Å². The number of furan rings is 1. The summed E-state index contributed by atoms with van der Waals surface area (Å²) < 4.78 is 45.8. The van der Waals surface area contributed by atoms with Crippen LogP contribution in [0.25, 0.3) is 0 Å². The van der Waals surface area contributed by atoms with Crippen LogP contribution in [0.5, 0.6) is 0 Å². The number of rotatable bonds is 5. The molecule has 0 unspecified atom stereocenters. The normalized spacial score (nSPS) is 16.3. The fraction of sp³-hybridized carbons (Fsp3) is 0.429. The summed E-state index contributed by atoms with van der Waals surface area (Å²) in [7, 11) is 0. The van der Waals surface area contributed by atoms with E-state index in [0.29, 0.717) is 10.5 Å². The van der Waals surface area contributed by atoms with Gasteiger partial charge in [-0.25, -0.2) is 0 Å². The van der Waals surface area contributed by atoms with Crippen LogP contribution in [-0.4, -0.2) is 24.0 Å². The van der Waals surface area contributed by atoms with E-state index in [-0.39, 0.29) is 17.5 Å². The van der Waals surface area contributed by atoms with Gasteiger partial charge >= 0.3 is 12.1 Å². The molecule has 1 atom stereocenters. The van der Waals surface area contributed by atoms with Crippen molar-refractivity contribution in [2.75, 3.05) is 4.90 Å². The highest BCUT2D eigenvalue weighted by molar-refractivity contribution is 6.04. The van der Waals surface area contributed by atoms with Gasteiger partial charge in [-0.3, -0.25) is 14.5 Å². The van der Waals surface area contributed by atoms with Crippen molar-refractivity contribution in [1.29, 1.82) is 0 Å². The van der Waals surface area contributed by atoms with E-state index < -0.39 is 24.0 Å². The SMILES string of the molecule is Cc1ccccc1N(C(=O)C(F)(F)F)[C@H](C(=O)NC1CCCCC1)c1ccco1. The second kappa shape index (κ2) is 8.71. The summed E-state index contributed by atoms with van der Waals surface area (Å²) >= 11 is 0. The Kier molecular flexibility index (Phi) is 6.30. The lowest BCUT2D eigenvalue weighted by Gasteiger charge is -2.33. The molecular formula is C21H23F3N2O3. The average molecular weight is 408 g/mol. The van der Waals surface area contributed by atoms with E-state index in [1.807, 2.05) is 0 Å². The van der Waals surface area contributed by atoms with Crippen molar-refractivity contribution in [3.05, 3.63) is 54.0 Å². The molecule has 1 saturated carbocycles. The van der Waals surface area contributed by atoms with Crippen molar-refractivity contribution in [2.45, 2.75) is 57.3 Å². The number of carbonyl (C=O) groups is 2. The van der Waals surface area contributed by atoms with Crippen LogP contribution in [0.1, 0.15) is 49.5 Å². The van der Waals surface area contributed by atoms with Crippen LogP contribution in [0, 0.1) is 6.92 Å². The molecule has 8 heteroatoms. The van der Waals surface area contributed by atoms with Crippen LogP contribution >= 0.6 is 0 Å². The van der Waals surface area contributed by atoms with Gasteiger partial charge in [0.2, 0.25) is 0 Å². The predicted octanol–water partition coefficient (Wildman–Crippen LogP) is 4.67. The minimum Gasteiger partial charge on any atom is -0.467 e.